The number of rotatable bonds is 4. The van der Waals surface area contributed by atoms with Gasteiger partial charge in [0, 0.05) is 12.5 Å². The first kappa shape index (κ1) is 8.05. The van der Waals surface area contributed by atoms with Gasteiger partial charge in [-0.1, -0.05) is 0 Å². The Morgan fingerprint density at radius 2 is 2.17 bits per heavy atom. The standard InChI is InChI=1S/C9H14O3/c1-12-7(8(10)11)9(4-5-9)6-2-3-6/h6-7H,2-5H2,1H3,(H,10,11). The maximum atomic E-state index is 10.8. The molecule has 1 N–H and O–H groups in total. The minimum absolute atomic E-state index is 0.0284. The van der Waals surface area contributed by atoms with Crippen molar-refractivity contribution in [2.75, 3.05) is 7.11 Å². The lowest BCUT2D eigenvalue weighted by Crippen LogP contribution is -2.34. The highest BCUT2D eigenvalue weighted by molar-refractivity contribution is 5.74. The number of carboxylic acid groups (broad SMARTS) is 1. The van der Waals surface area contributed by atoms with Crippen LogP contribution in [0.4, 0.5) is 0 Å². The van der Waals surface area contributed by atoms with Crippen LogP contribution in [0.5, 0.6) is 0 Å². The topological polar surface area (TPSA) is 46.5 Å². The van der Waals surface area contributed by atoms with Gasteiger partial charge in [0.25, 0.3) is 0 Å². The van der Waals surface area contributed by atoms with Crippen molar-refractivity contribution in [3.63, 3.8) is 0 Å². The van der Waals surface area contributed by atoms with Crippen LogP contribution >= 0.6 is 0 Å². The van der Waals surface area contributed by atoms with Gasteiger partial charge in [-0.25, -0.2) is 4.79 Å². The van der Waals surface area contributed by atoms with Gasteiger partial charge in [-0.15, -0.1) is 0 Å². The molecule has 2 fully saturated rings. The zero-order chi connectivity index (χ0) is 8.77. The first-order chi connectivity index (χ1) is 5.70. The van der Waals surface area contributed by atoms with Gasteiger partial charge in [0.1, 0.15) is 0 Å². The Balaban J connectivity index is 2.09. The van der Waals surface area contributed by atoms with Crippen LogP contribution in [0.2, 0.25) is 0 Å². The molecule has 12 heavy (non-hydrogen) atoms. The summed E-state index contributed by atoms with van der Waals surface area (Å²) in [5, 5.41) is 8.90. The van der Waals surface area contributed by atoms with E-state index >= 15 is 0 Å². The molecule has 0 heterocycles. The molecule has 0 saturated heterocycles. The van der Waals surface area contributed by atoms with Crippen molar-refractivity contribution in [2.24, 2.45) is 11.3 Å². The smallest absolute Gasteiger partial charge is 0.333 e. The van der Waals surface area contributed by atoms with E-state index in [1.54, 1.807) is 0 Å². The number of methoxy groups -OCH3 is 1. The van der Waals surface area contributed by atoms with Crippen molar-refractivity contribution >= 4 is 5.97 Å². The van der Waals surface area contributed by atoms with E-state index in [-0.39, 0.29) is 5.41 Å². The molecule has 3 nitrogen and oxygen atoms in total. The summed E-state index contributed by atoms with van der Waals surface area (Å²) in [7, 11) is 1.50. The van der Waals surface area contributed by atoms with Crippen LogP contribution in [0.25, 0.3) is 0 Å². The van der Waals surface area contributed by atoms with Gasteiger partial charge in [0.05, 0.1) is 0 Å². The normalized spacial score (nSPS) is 28.1. The van der Waals surface area contributed by atoms with Gasteiger partial charge >= 0.3 is 5.97 Å². The van der Waals surface area contributed by atoms with Crippen molar-refractivity contribution in [1.82, 2.24) is 0 Å². The molecule has 2 rings (SSSR count). The molecule has 1 atom stereocenters. The van der Waals surface area contributed by atoms with Gasteiger partial charge in [-0.05, 0) is 31.6 Å². The molecule has 2 saturated carbocycles. The lowest BCUT2D eigenvalue weighted by Gasteiger charge is -2.21. The third-order valence-electron chi connectivity index (χ3n) is 3.20. The van der Waals surface area contributed by atoms with E-state index in [2.05, 4.69) is 0 Å². The molecule has 2 aliphatic carbocycles. The molecule has 3 heteroatoms. The number of ether oxygens (including phenoxy) is 1. The molecule has 2 aliphatic rings. The van der Waals surface area contributed by atoms with Crippen molar-refractivity contribution < 1.29 is 14.6 Å². The summed E-state index contributed by atoms with van der Waals surface area (Å²) in [5.41, 5.74) is 0.0284. The van der Waals surface area contributed by atoms with Crippen LogP contribution in [0.15, 0.2) is 0 Å². The Labute approximate surface area is 71.7 Å². The number of hydrogen-bond acceptors (Lipinski definition) is 2. The molecule has 0 bridgehead atoms. The maximum Gasteiger partial charge on any atom is 0.333 e. The Hall–Kier alpha value is -0.570. The molecular formula is C9H14O3. The molecule has 0 aromatic rings. The van der Waals surface area contributed by atoms with E-state index < -0.39 is 12.1 Å². The molecule has 0 amide bonds. The van der Waals surface area contributed by atoms with E-state index in [0.717, 1.165) is 12.8 Å². The second-order valence-corrected chi connectivity index (χ2v) is 3.96. The zero-order valence-corrected chi connectivity index (χ0v) is 7.25. The van der Waals surface area contributed by atoms with Crippen molar-refractivity contribution in [1.29, 1.82) is 0 Å². The van der Waals surface area contributed by atoms with Crippen LogP contribution < -0.4 is 0 Å². The van der Waals surface area contributed by atoms with Crippen LogP contribution in [0, 0.1) is 11.3 Å². The van der Waals surface area contributed by atoms with Crippen LogP contribution in [-0.2, 0) is 9.53 Å². The molecule has 0 spiro atoms. The van der Waals surface area contributed by atoms with Gasteiger partial charge in [-0.2, -0.15) is 0 Å². The summed E-state index contributed by atoms with van der Waals surface area (Å²) < 4.78 is 5.04. The fourth-order valence-corrected chi connectivity index (χ4v) is 2.27. The van der Waals surface area contributed by atoms with Crippen molar-refractivity contribution in [2.45, 2.75) is 31.8 Å². The van der Waals surface area contributed by atoms with Crippen molar-refractivity contribution in [3.8, 4) is 0 Å². The average Bonchev–Trinajstić information content (AvgIpc) is 2.83. The van der Waals surface area contributed by atoms with E-state index in [4.69, 9.17) is 9.84 Å². The second kappa shape index (κ2) is 2.46. The van der Waals surface area contributed by atoms with Gasteiger partial charge in [0.2, 0.25) is 0 Å². The van der Waals surface area contributed by atoms with E-state index in [1.165, 1.54) is 20.0 Å². The Bertz CT molecular complexity index is 204. The SMILES string of the molecule is COC(C(=O)O)C1(C2CC2)CC1. The molecule has 0 radical (unpaired) electrons. The first-order valence-corrected chi connectivity index (χ1v) is 4.46. The Kier molecular flexibility index (Phi) is 1.65. The third kappa shape index (κ3) is 1.04. The largest absolute Gasteiger partial charge is 0.479 e. The zero-order valence-electron chi connectivity index (χ0n) is 7.25. The molecule has 0 aliphatic heterocycles. The Morgan fingerprint density at radius 1 is 1.58 bits per heavy atom. The first-order valence-electron chi connectivity index (χ1n) is 4.46. The highest BCUT2D eigenvalue weighted by Gasteiger charge is 2.61. The highest BCUT2D eigenvalue weighted by atomic mass is 16.5. The molecular weight excluding hydrogens is 156 g/mol. The molecule has 1 unspecified atom stereocenters. The van der Waals surface area contributed by atoms with Gasteiger partial charge in [-0.3, -0.25) is 0 Å². The number of carboxylic acids is 1. The second-order valence-electron chi connectivity index (χ2n) is 3.96. The summed E-state index contributed by atoms with van der Waals surface area (Å²) in [4.78, 5) is 10.8. The third-order valence-corrected chi connectivity index (χ3v) is 3.20. The lowest BCUT2D eigenvalue weighted by atomic mass is 9.93. The summed E-state index contributed by atoms with van der Waals surface area (Å²) in [5.74, 6) is -0.152. The minimum Gasteiger partial charge on any atom is -0.479 e. The van der Waals surface area contributed by atoms with Crippen LogP contribution in [0.1, 0.15) is 25.7 Å². The Morgan fingerprint density at radius 3 is 2.42 bits per heavy atom. The monoisotopic (exact) mass is 170 g/mol. The average molecular weight is 170 g/mol. The van der Waals surface area contributed by atoms with Gasteiger partial charge < -0.3 is 9.84 Å². The van der Waals surface area contributed by atoms with Crippen molar-refractivity contribution in [3.05, 3.63) is 0 Å². The van der Waals surface area contributed by atoms with E-state index in [0.29, 0.717) is 5.92 Å². The predicted octanol–water partition coefficient (Wildman–Crippen LogP) is 1.28. The molecule has 0 aromatic heterocycles. The van der Waals surface area contributed by atoms with E-state index in [9.17, 15) is 4.79 Å². The van der Waals surface area contributed by atoms with Crippen LogP contribution in [-0.4, -0.2) is 24.3 Å². The predicted molar refractivity (Wildman–Crippen MR) is 42.8 cm³/mol. The number of aliphatic carboxylic acids is 1. The summed E-state index contributed by atoms with van der Waals surface area (Å²) in [6.45, 7) is 0. The van der Waals surface area contributed by atoms with Crippen LogP contribution in [0.3, 0.4) is 0 Å². The van der Waals surface area contributed by atoms with Gasteiger partial charge in [0.15, 0.2) is 6.10 Å². The lowest BCUT2D eigenvalue weighted by molar-refractivity contribution is -0.153. The fraction of sp³-hybridized carbons (Fsp3) is 0.889. The summed E-state index contributed by atoms with van der Waals surface area (Å²) in [6.07, 6.45) is 3.94. The minimum atomic E-state index is -0.790. The number of hydrogen-bond donors (Lipinski definition) is 1. The molecule has 68 valence electrons. The highest BCUT2D eigenvalue weighted by Crippen LogP contribution is 2.63. The summed E-state index contributed by atoms with van der Waals surface area (Å²) >= 11 is 0. The number of carbonyl (C=O) groups is 1. The fourth-order valence-electron chi connectivity index (χ4n) is 2.27. The maximum absolute atomic E-state index is 10.8. The quantitative estimate of drug-likeness (QED) is 0.691. The molecule has 0 aromatic carbocycles. The van der Waals surface area contributed by atoms with E-state index in [1.807, 2.05) is 0 Å². The summed E-state index contributed by atoms with van der Waals surface area (Å²) in [6, 6.07) is 0.